The Bertz CT molecular complexity index is 401. The number of nitriles is 1. The SMILES string of the molecule is C#CCOC(=O)CCCC(C)C(=O)OC(C)(C)C#N. The third-order valence-corrected chi connectivity index (χ3v) is 2.36. The summed E-state index contributed by atoms with van der Waals surface area (Å²) in [7, 11) is 0. The van der Waals surface area contributed by atoms with E-state index in [9.17, 15) is 9.59 Å². The van der Waals surface area contributed by atoms with Gasteiger partial charge in [0.05, 0.1) is 5.92 Å². The Morgan fingerprint density at radius 3 is 2.58 bits per heavy atom. The molecule has 19 heavy (non-hydrogen) atoms. The maximum Gasteiger partial charge on any atom is 0.310 e. The van der Waals surface area contributed by atoms with Crippen molar-refractivity contribution in [1.29, 1.82) is 5.26 Å². The predicted molar refractivity (Wildman–Crippen MR) is 68.6 cm³/mol. The third kappa shape index (κ3) is 7.83. The maximum atomic E-state index is 11.6. The molecule has 0 heterocycles. The second kappa shape index (κ2) is 8.16. The fourth-order valence-electron chi connectivity index (χ4n) is 1.24. The van der Waals surface area contributed by atoms with Gasteiger partial charge >= 0.3 is 11.9 Å². The van der Waals surface area contributed by atoms with E-state index in [0.717, 1.165) is 0 Å². The molecule has 0 aliphatic carbocycles. The zero-order valence-corrected chi connectivity index (χ0v) is 11.6. The van der Waals surface area contributed by atoms with Gasteiger partial charge in [-0.1, -0.05) is 12.8 Å². The Kier molecular flexibility index (Phi) is 7.29. The number of carbonyl (C=O) groups is 2. The van der Waals surface area contributed by atoms with E-state index in [1.807, 2.05) is 6.07 Å². The van der Waals surface area contributed by atoms with Gasteiger partial charge in [-0.25, -0.2) is 0 Å². The number of esters is 2. The first-order valence-electron chi connectivity index (χ1n) is 6.05. The summed E-state index contributed by atoms with van der Waals surface area (Å²) < 4.78 is 9.73. The molecule has 0 saturated heterocycles. The van der Waals surface area contributed by atoms with E-state index in [-0.39, 0.29) is 24.9 Å². The number of terminal acetylenes is 1. The molecule has 0 N–H and O–H groups in total. The molecule has 0 amide bonds. The van der Waals surface area contributed by atoms with Crippen LogP contribution in [0.3, 0.4) is 0 Å². The van der Waals surface area contributed by atoms with E-state index in [0.29, 0.717) is 12.8 Å². The van der Waals surface area contributed by atoms with E-state index in [4.69, 9.17) is 21.2 Å². The second-order valence-corrected chi connectivity index (χ2v) is 4.70. The summed E-state index contributed by atoms with van der Waals surface area (Å²) in [6.07, 6.45) is 6.16. The Balaban J connectivity index is 3.96. The lowest BCUT2D eigenvalue weighted by molar-refractivity contribution is -0.157. The molecule has 0 aromatic carbocycles. The number of rotatable bonds is 7. The molecule has 104 valence electrons. The lowest BCUT2D eigenvalue weighted by Gasteiger charge is -2.19. The molecule has 5 nitrogen and oxygen atoms in total. The summed E-state index contributed by atoms with van der Waals surface area (Å²) in [6, 6.07) is 1.89. The van der Waals surface area contributed by atoms with Crippen molar-refractivity contribution in [3.63, 3.8) is 0 Å². The van der Waals surface area contributed by atoms with Crippen molar-refractivity contribution in [3.8, 4) is 18.4 Å². The van der Waals surface area contributed by atoms with Gasteiger partial charge in [-0.05, 0) is 26.7 Å². The minimum absolute atomic E-state index is 0.0349. The van der Waals surface area contributed by atoms with Crippen LogP contribution in [0.25, 0.3) is 0 Å². The molecule has 0 bridgehead atoms. The molecule has 0 aromatic heterocycles. The maximum absolute atomic E-state index is 11.6. The summed E-state index contributed by atoms with van der Waals surface area (Å²) in [5.41, 5.74) is -1.13. The highest BCUT2D eigenvalue weighted by atomic mass is 16.6. The highest BCUT2D eigenvalue weighted by Crippen LogP contribution is 2.15. The minimum atomic E-state index is -1.13. The molecular formula is C14H19NO4. The Hall–Kier alpha value is -2.01. The summed E-state index contributed by atoms with van der Waals surface area (Å²) >= 11 is 0. The van der Waals surface area contributed by atoms with Crippen LogP contribution in [0.2, 0.25) is 0 Å². The van der Waals surface area contributed by atoms with Crippen LogP contribution in [0.1, 0.15) is 40.0 Å². The van der Waals surface area contributed by atoms with Crippen LogP contribution in [-0.4, -0.2) is 24.1 Å². The molecular weight excluding hydrogens is 246 g/mol. The first-order chi connectivity index (χ1) is 8.82. The molecule has 0 spiro atoms. The lowest BCUT2D eigenvalue weighted by Crippen LogP contribution is -2.29. The van der Waals surface area contributed by atoms with Crippen molar-refractivity contribution < 1.29 is 19.1 Å². The number of hydrogen-bond acceptors (Lipinski definition) is 5. The molecule has 0 radical (unpaired) electrons. The van der Waals surface area contributed by atoms with Crippen molar-refractivity contribution in [2.45, 2.75) is 45.6 Å². The molecule has 1 unspecified atom stereocenters. The van der Waals surface area contributed by atoms with Crippen LogP contribution in [0.15, 0.2) is 0 Å². The van der Waals surface area contributed by atoms with Gasteiger partial charge in [0.25, 0.3) is 0 Å². The molecule has 1 atom stereocenters. The van der Waals surface area contributed by atoms with Crippen molar-refractivity contribution in [3.05, 3.63) is 0 Å². The minimum Gasteiger partial charge on any atom is -0.452 e. The van der Waals surface area contributed by atoms with E-state index in [2.05, 4.69) is 5.92 Å². The van der Waals surface area contributed by atoms with Gasteiger partial charge in [-0.3, -0.25) is 9.59 Å². The van der Waals surface area contributed by atoms with Crippen LogP contribution in [0, 0.1) is 29.6 Å². The quantitative estimate of drug-likeness (QED) is 0.518. The van der Waals surface area contributed by atoms with Crippen molar-refractivity contribution in [1.82, 2.24) is 0 Å². The lowest BCUT2D eigenvalue weighted by atomic mass is 10.0. The van der Waals surface area contributed by atoms with Crippen molar-refractivity contribution in [2.24, 2.45) is 5.92 Å². The highest BCUT2D eigenvalue weighted by Gasteiger charge is 2.25. The Morgan fingerprint density at radius 2 is 2.05 bits per heavy atom. The number of ether oxygens (including phenoxy) is 2. The van der Waals surface area contributed by atoms with Crippen LogP contribution < -0.4 is 0 Å². The zero-order chi connectivity index (χ0) is 14.9. The van der Waals surface area contributed by atoms with Crippen LogP contribution in [-0.2, 0) is 19.1 Å². The predicted octanol–water partition coefficient (Wildman–Crippen LogP) is 1.81. The van der Waals surface area contributed by atoms with Crippen molar-refractivity contribution in [2.75, 3.05) is 6.61 Å². The molecule has 5 heteroatoms. The normalized spacial score (nSPS) is 11.8. The standard InChI is InChI=1S/C14H19NO4/c1-5-9-18-12(16)8-6-7-11(2)13(17)19-14(3,4)10-15/h1,11H,6-9H2,2-4H3. The molecule has 0 aliphatic rings. The van der Waals surface area contributed by atoms with Gasteiger partial charge in [0.15, 0.2) is 12.2 Å². The highest BCUT2D eigenvalue weighted by molar-refractivity contribution is 5.73. The average molecular weight is 265 g/mol. The summed E-state index contributed by atoms with van der Waals surface area (Å²) in [5, 5.41) is 8.75. The summed E-state index contributed by atoms with van der Waals surface area (Å²) in [6.45, 7) is 4.71. The van der Waals surface area contributed by atoms with Gasteiger partial charge in [-0.15, -0.1) is 6.42 Å². The van der Waals surface area contributed by atoms with E-state index in [1.54, 1.807) is 6.92 Å². The van der Waals surface area contributed by atoms with E-state index >= 15 is 0 Å². The van der Waals surface area contributed by atoms with Crippen LogP contribution >= 0.6 is 0 Å². The molecule has 0 aromatic rings. The zero-order valence-electron chi connectivity index (χ0n) is 11.6. The first-order valence-corrected chi connectivity index (χ1v) is 6.05. The number of nitrogens with zero attached hydrogens (tertiary/aromatic N) is 1. The van der Waals surface area contributed by atoms with E-state index < -0.39 is 11.6 Å². The van der Waals surface area contributed by atoms with Crippen LogP contribution in [0.4, 0.5) is 0 Å². The number of hydrogen-bond donors (Lipinski definition) is 0. The fraction of sp³-hybridized carbons (Fsp3) is 0.643. The van der Waals surface area contributed by atoms with Crippen molar-refractivity contribution >= 4 is 11.9 Å². The van der Waals surface area contributed by atoms with Gasteiger partial charge < -0.3 is 9.47 Å². The van der Waals surface area contributed by atoms with Gasteiger partial charge in [0.2, 0.25) is 0 Å². The largest absolute Gasteiger partial charge is 0.452 e. The van der Waals surface area contributed by atoms with Gasteiger partial charge in [0.1, 0.15) is 6.07 Å². The smallest absolute Gasteiger partial charge is 0.310 e. The van der Waals surface area contributed by atoms with Crippen LogP contribution in [0.5, 0.6) is 0 Å². The molecule has 0 aliphatic heterocycles. The third-order valence-electron chi connectivity index (χ3n) is 2.36. The fourth-order valence-corrected chi connectivity index (χ4v) is 1.24. The first kappa shape index (κ1) is 17.0. The second-order valence-electron chi connectivity index (χ2n) is 4.70. The molecule has 0 fully saturated rings. The topological polar surface area (TPSA) is 76.4 Å². The van der Waals surface area contributed by atoms with Gasteiger partial charge in [0, 0.05) is 6.42 Å². The molecule has 0 rings (SSSR count). The Morgan fingerprint density at radius 1 is 1.42 bits per heavy atom. The Labute approximate surface area is 113 Å². The van der Waals surface area contributed by atoms with E-state index in [1.165, 1.54) is 13.8 Å². The van der Waals surface area contributed by atoms with Gasteiger partial charge in [-0.2, -0.15) is 5.26 Å². The monoisotopic (exact) mass is 265 g/mol. The average Bonchev–Trinajstić information content (AvgIpc) is 2.35. The number of carbonyl (C=O) groups excluding carboxylic acids is 2. The summed E-state index contributed by atoms with van der Waals surface area (Å²) in [5.74, 6) is 1.01. The molecule has 0 saturated carbocycles. The summed E-state index contributed by atoms with van der Waals surface area (Å²) in [4.78, 5) is 22.8.